The molecule has 58 heavy (non-hydrogen) atoms. The summed E-state index contributed by atoms with van der Waals surface area (Å²) in [5.74, 6) is 0. The lowest BCUT2D eigenvalue weighted by molar-refractivity contribution is 1.16. The summed E-state index contributed by atoms with van der Waals surface area (Å²) in [5.41, 5.74) is 18.8. The van der Waals surface area contributed by atoms with Crippen molar-refractivity contribution in [1.82, 2.24) is 0 Å². The molecule has 10 aromatic rings. The molecule has 9 aromatic carbocycles. The number of fused-ring (bicyclic) bond motifs is 11. The number of thiophene rings is 1. The third-order valence-electron chi connectivity index (χ3n) is 11.8. The van der Waals surface area contributed by atoms with E-state index in [0.29, 0.717) is 0 Å². The zero-order chi connectivity index (χ0) is 38.4. The van der Waals surface area contributed by atoms with Gasteiger partial charge in [0.15, 0.2) is 0 Å². The van der Waals surface area contributed by atoms with Gasteiger partial charge in [0, 0.05) is 26.7 Å². The highest BCUT2D eigenvalue weighted by Crippen LogP contribution is 2.50. The smallest absolute Gasteiger partial charge is 0.0640 e. The predicted octanol–water partition coefficient (Wildman–Crippen LogP) is 15.7. The van der Waals surface area contributed by atoms with Crippen LogP contribution in [-0.4, -0.2) is 0 Å². The molecule has 0 radical (unpaired) electrons. The molecule has 0 aliphatic heterocycles. The predicted molar refractivity (Wildman–Crippen MR) is 248 cm³/mol. The average molecular weight is 758 g/mol. The first kappa shape index (κ1) is 34.3. The minimum absolute atomic E-state index is 0.789. The van der Waals surface area contributed by atoms with Crippen molar-refractivity contribution in [3.05, 3.63) is 235 Å². The van der Waals surface area contributed by atoms with Gasteiger partial charge in [0.1, 0.15) is 0 Å². The van der Waals surface area contributed by atoms with Gasteiger partial charge in [-0.05, 0) is 104 Å². The standard InChI is InChI=1S/C56H39NS/c1-2-16-38(17-3-1)39-32-34-44(35-33-39)57(53-30-15-28-51-50-27-12-13-31-54(50)58-56(51)53)52-29-14-21-43-37-41-19-5-8-23-46(41)49-26-11-10-25-48(49)45-22-7-4-18-40(45)36-42-20-6-9-24-47(42)55(43)52/h1-35H,36-37H2. The van der Waals surface area contributed by atoms with Crippen LogP contribution in [0.4, 0.5) is 17.1 Å². The van der Waals surface area contributed by atoms with Gasteiger partial charge in [-0.3, -0.25) is 0 Å². The number of anilines is 3. The number of hydrogen-bond acceptors (Lipinski definition) is 2. The minimum Gasteiger partial charge on any atom is -0.308 e. The molecule has 0 amide bonds. The lowest BCUT2D eigenvalue weighted by Crippen LogP contribution is -2.13. The highest BCUT2D eigenvalue weighted by molar-refractivity contribution is 7.26. The topological polar surface area (TPSA) is 3.24 Å². The zero-order valence-corrected chi connectivity index (χ0v) is 32.8. The van der Waals surface area contributed by atoms with Crippen molar-refractivity contribution in [1.29, 1.82) is 0 Å². The van der Waals surface area contributed by atoms with E-state index < -0.39 is 0 Å². The molecule has 11 rings (SSSR count). The Hall–Kier alpha value is -7.00. The molecule has 0 atom stereocenters. The van der Waals surface area contributed by atoms with Crippen LogP contribution >= 0.6 is 11.3 Å². The first-order valence-corrected chi connectivity index (χ1v) is 20.9. The summed E-state index contributed by atoms with van der Waals surface area (Å²) in [7, 11) is 0. The molecule has 274 valence electrons. The second-order valence-corrected chi connectivity index (χ2v) is 16.2. The van der Waals surface area contributed by atoms with Crippen LogP contribution in [0, 0.1) is 0 Å². The number of rotatable bonds is 4. The molecule has 1 heterocycles. The lowest BCUT2D eigenvalue weighted by atomic mass is 9.83. The molecule has 1 aliphatic carbocycles. The monoisotopic (exact) mass is 757 g/mol. The summed E-state index contributed by atoms with van der Waals surface area (Å²) in [4.78, 5) is 2.53. The second kappa shape index (κ2) is 14.5. The van der Waals surface area contributed by atoms with Crippen LogP contribution in [0.3, 0.4) is 0 Å². The van der Waals surface area contributed by atoms with E-state index in [1.807, 2.05) is 11.3 Å². The van der Waals surface area contributed by atoms with Crippen molar-refractivity contribution in [3.63, 3.8) is 0 Å². The minimum atomic E-state index is 0.789. The van der Waals surface area contributed by atoms with Crippen molar-refractivity contribution in [2.45, 2.75) is 12.8 Å². The van der Waals surface area contributed by atoms with Gasteiger partial charge >= 0.3 is 0 Å². The number of benzene rings is 9. The van der Waals surface area contributed by atoms with Gasteiger partial charge in [0.05, 0.1) is 16.1 Å². The summed E-state index contributed by atoms with van der Waals surface area (Å²) in [6.07, 6.45) is 1.60. The molecule has 0 fully saturated rings. The van der Waals surface area contributed by atoms with Gasteiger partial charge in [0.25, 0.3) is 0 Å². The van der Waals surface area contributed by atoms with Crippen LogP contribution in [0.15, 0.2) is 212 Å². The van der Waals surface area contributed by atoms with Crippen LogP contribution in [0.1, 0.15) is 22.3 Å². The molecule has 2 heteroatoms. The Morgan fingerprint density at radius 3 is 1.52 bits per heavy atom. The van der Waals surface area contributed by atoms with E-state index in [4.69, 9.17) is 0 Å². The zero-order valence-electron chi connectivity index (χ0n) is 32.0. The molecule has 0 saturated carbocycles. The molecular weight excluding hydrogens is 719 g/mol. The van der Waals surface area contributed by atoms with Crippen LogP contribution in [-0.2, 0) is 12.8 Å². The highest BCUT2D eigenvalue weighted by atomic mass is 32.1. The molecule has 1 nitrogen and oxygen atoms in total. The van der Waals surface area contributed by atoms with Crippen LogP contribution in [0.2, 0.25) is 0 Å². The van der Waals surface area contributed by atoms with Crippen LogP contribution in [0.25, 0.3) is 64.7 Å². The molecule has 1 aliphatic rings. The van der Waals surface area contributed by atoms with E-state index in [9.17, 15) is 0 Å². The van der Waals surface area contributed by atoms with Crippen molar-refractivity contribution in [2.24, 2.45) is 0 Å². The maximum Gasteiger partial charge on any atom is 0.0640 e. The number of nitrogens with zero attached hydrogens (tertiary/aromatic N) is 1. The molecule has 0 saturated heterocycles. The van der Waals surface area contributed by atoms with Crippen molar-refractivity contribution >= 4 is 48.6 Å². The summed E-state index contributed by atoms with van der Waals surface area (Å²) >= 11 is 1.88. The second-order valence-electron chi connectivity index (χ2n) is 15.2. The van der Waals surface area contributed by atoms with Gasteiger partial charge in [-0.25, -0.2) is 0 Å². The summed E-state index contributed by atoms with van der Waals surface area (Å²) < 4.78 is 2.58. The van der Waals surface area contributed by atoms with E-state index in [1.165, 1.54) is 98.3 Å². The van der Waals surface area contributed by atoms with E-state index in [-0.39, 0.29) is 0 Å². The van der Waals surface area contributed by atoms with Gasteiger partial charge in [0.2, 0.25) is 0 Å². The fourth-order valence-electron chi connectivity index (χ4n) is 9.14. The van der Waals surface area contributed by atoms with Crippen LogP contribution < -0.4 is 4.90 Å². The lowest BCUT2D eigenvalue weighted by Gasteiger charge is -2.31. The maximum atomic E-state index is 2.53. The van der Waals surface area contributed by atoms with E-state index in [1.54, 1.807) is 0 Å². The first-order chi connectivity index (χ1) is 28.8. The number of hydrogen-bond donors (Lipinski definition) is 0. The molecule has 0 bridgehead atoms. The van der Waals surface area contributed by atoms with Gasteiger partial charge in [-0.2, -0.15) is 0 Å². The third kappa shape index (κ3) is 5.93. The Labute approximate surface area is 343 Å². The van der Waals surface area contributed by atoms with Crippen molar-refractivity contribution in [3.8, 4) is 44.5 Å². The van der Waals surface area contributed by atoms with Crippen molar-refractivity contribution in [2.75, 3.05) is 4.90 Å². The normalized spacial score (nSPS) is 12.0. The largest absolute Gasteiger partial charge is 0.308 e. The van der Waals surface area contributed by atoms with Gasteiger partial charge in [-0.15, -0.1) is 11.3 Å². The summed E-state index contributed by atoms with van der Waals surface area (Å²) in [6.45, 7) is 0. The molecule has 0 N–H and O–H groups in total. The molecule has 0 unspecified atom stereocenters. The van der Waals surface area contributed by atoms with Gasteiger partial charge < -0.3 is 4.90 Å². The van der Waals surface area contributed by atoms with E-state index in [2.05, 4.69) is 217 Å². The molecule has 1 aromatic heterocycles. The molecule has 0 spiro atoms. The fraction of sp³-hybridized carbons (Fsp3) is 0.0357. The van der Waals surface area contributed by atoms with E-state index in [0.717, 1.165) is 18.5 Å². The maximum absolute atomic E-state index is 2.53. The van der Waals surface area contributed by atoms with E-state index >= 15 is 0 Å². The quantitative estimate of drug-likeness (QED) is 0.173. The van der Waals surface area contributed by atoms with Crippen molar-refractivity contribution < 1.29 is 0 Å². The highest BCUT2D eigenvalue weighted by Gasteiger charge is 2.25. The summed E-state index contributed by atoms with van der Waals surface area (Å²) in [6, 6.07) is 78.5. The van der Waals surface area contributed by atoms with Gasteiger partial charge in [-0.1, -0.05) is 182 Å². The Balaban J connectivity index is 1.21. The average Bonchev–Trinajstić information content (AvgIpc) is 3.67. The Kier molecular flexibility index (Phi) is 8.56. The Morgan fingerprint density at radius 1 is 0.328 bits per heavy atom. The summed E-state index contributed by atoms with van der Waals surface area (Å²) in [5, 5.41) is 2.58. The SMILES string of the molecule is c1ccc(-c2ccc(N(c3cccc4c3-c3ccccc3Cc3ccccc3-c3ccccc3-c3ccccc3C4)c3cccc4c3sc3ccccc34)cc2)cc1. The van der Waals surface area contributed by atoms with Crippen LogP contribution in [0.5, 0.6) is 0 Å². The Bertz CT molecular complexity index is 3120. The molecular formula is C56H39NS. The fourth-order valence-corrected chi connectivity index (χ4v) is 10.3. The Morgan fingerprint density at radius 2 is 0.810 bits per heavy atom. The first-order valence-electron chi connectivity index (χ1n) is 20.1. The third-order valence-corrected chi connectivity index (χ3v) is 13.0.